The zero-order chi connectivity index (χ0) is 15.1. The van der Waals surface area contributed by atoms with Crippen molar-refractivity contribution < 1.29 is 19.1 Å². The molecule has 0 aromatic heterocycles. The number of esters is 1. The van der Waals surface area contributed by atoms with E-state index in [1.807, 2.05) is 6.07 Å². The van der Waals surface area contributed by atoms with Crippen molar-refractivity contribution in [2.24, 2.45) is 0 Å². The number of nitrogens with one attached hydrogen (secondary N) is 1. The molecular formula is C13H20N2O4. The van der Waals surface area contributed by atoms with Crippen LogP contribution in [0.15, 0.2) is 12.2 Å². The molecule has 0 radical (unpaired) electrons. The molecule has 1 atom stereocenters. The Balaban J connectivity index is 4.93. The van der Waals surface area contributed by atoms with Gasteiger partial charge in [0.15, 0.2) is 5.54 Å². The Morgan fingerprint density at radius 3 is 2.32 bits per heavy atom. The van der Waals surface area contributed by atoms with Gasteiger partial charge in [-0.25, -0.2) is 9.59 Å². The second-order valence-corrected chi connectivity index (χ2v) is 5.09. The van der Waals surface area contributed by atoms with Gasteiger partial charge in [-0.2, -0.15) is 5.26 Å². The minimum atomic E-state index is -1.37. The molecule has 6 heteroatoms. The fourth-order valence-corrected chi connectivity index (χ4v) is 1.24. The fraction of sp³-hybridized carbons (Fsp3) is 0.615. The molecule has 0 rings (SSSR count). The van der Waals surface area contributed by atoms with Gasteiger partial charge in [0.1, 0.15) is 5.60 Å². The first-order valence-electron chi connectivity index (χ1n) is 5.79. The van der Waals surface area contributed by atoms with Crippen molar-refractivity contribution in [1.29, 1.82) is 5.26 Å². The van der Waals surface area contributed by atoms with Crippen molar-refractivity contribution in [3.8, 4) is 6.07 Å². The lowest BCUT2D eigenvalue weighted by Crippen LogP contribution is -2.52. The molecule has 0 aromatic rings. The Morgan fingerprint density at radius 2 is 1.89 bits per heavy atom. The number of methoxy groups -OCH3 is 1. The van der Waals surface area contributed by atoms with E-state index in [-0.39, 0.29) is 6.42 Å². The van der Waals surface area contributed by atoms with Crippen LogP contribution in [0.2, 0.25) is 0 Å². The van der Waals surface area contributed by atoms with E-state index in [1.165, 1.54) is 26.2 Å². The average molecular weight is 268 g/mol. The summed E-state index contributed by atoms with van der Waals surface area (Å²) in [7, 11) is 1.22. The summed E-state index contributed by atoms with van der Waals surface area (Å²) < 4.78 is 9.71. The van der Waals surface area contributed by atoms with Gasteiger partial charge in [-0.05, 0) is 27.7 Å². The number of allylic oxidation sites excluding steroid dienone is 1. The lowest BCUT2D eigenvalue weighted by molar-refractivity contribution is -0.145. The molecule has 6 nitrogen and oxygen atoms in total. The third-order valence-electron chi connectivity index (χ3n) is 2.03. The summed E-state index contributed by atoms with van der Waals surface area (Å²) in [6, 6.07) is 1.91. The zero-order valence-electron chi connectivity index (χ0n) is 11.9. The molecule has 1 N–H and O–H groups in total. The van der Waals surface area contributed by atoms with E-state index in [9.17, 15) is 9.59 Å². The van der Waals surface area contributed by atoms with E-state index in [0.717, 1.165) is 0 Å². The van der Waals surface area contributed by atoms with Gasteiger partial charge < -0.3 is 14.8 Å². The Morgan fingerprint density at radius 1 is 1.32 bits per heavy atom. The van der Waals surface area contributed by atoms with Crippen LogP contribution < -0.4 is 5.32 Å². The molecule has 0 spiro atoms. The second-order valence-electron chi connectivity index (χ2n) is 5.09. The van der Waals surface area contributed by atoms with Crippen LogP contribution in [0.25, 0.3) is 0 Å². The molecule has 0 fully saturated rings. The van der Waals surface area contributed by atoms with Gasteiger partial charge >= 0.3 is 12.1 Å². The van der Waals surface area contributed by atoms with E-state index >= 15 is 0 Å². The first-order valence-corrected chi connectivity index (χ1v) is 5.79. The smallest absolute Gasteiger partial charge is 0.408 e. The van der Waals surface area contributed by atoms with Crippen LogP contribution in [-0.2, 0) is 14.3 Å². The molecule has 0 saturated carbocycles. The monoisotopic (exact) mass is 268 g/mol. The number of nitrogens with zero attached hydrogens (tertiary/aromatic N) is 1. The molecule has 0 unspecified atom stereocenters. The Labute approximate surface area is 113 Å². The predicted octanol–water partition coefficient (Wildman–Crippen LogP) is 1.91. The van der Waals surface area contributed by atoms with Gasteiger partial charge in [0.2, 0.25) is 0 Å². The Kier molecular flexibility index (Phi) is 6.06. The number of carbonyl (C=O) groups is 2. The first-order chi connectivity index (χ1) is 8.64. The highest BCUT2D eigenvalue weighted by molar-refractivity contribution is 5.87. The lowest BCUT2D eigenvalue weighted by Gasteiger charge is -2.27. The standard InChI is InChI=1S/C13H20N2O4/c1-12(2,3)19-11(17)15-13(4,10(16)18-5)8-6-7-9-14/h6,8H,7H2,1-5H3,(H,15,17)/b8-6-/t13-/m0/s1. The molecule has 1 amide bonds. The highest BCUT2D eigenvalue weighted by Gasteiger charge is 2.34. The van der Waals surface area contributed by atoms with Crippen LogP contribution in [0.4, 0.5) is 4.79 Å². The summed E-state index contributed by atoms with van der Waals surface area (Å²) in [5.74, 6) is -0.646. The van der Waals surface area contributed by atoms with E-state index in [0.29, 0.717) is 0 Å². The number of ether oxygens (including phenoxy) is 2. The van der Waals surface area contributed by atoms with E-state index in [4.69, 9.17) is 10.00 Å². The Bertz CT molecular complexity index is 404. The van der Waals surface area contributed by atoms with Crippen LogP contribution >= 0.6 is 0 Å². The third kappa shape index (κ3) is 6.46. The highest BCUT2D eigenvalue weighted by Crippen LogP contribution is 2.12. The second kappa shape index (κ2) is 6.78. The van der Waals surface area contributed by atoms with Gasteiger partial charge in [0, 0.05) is 0 Å². The van der Waals surface area contributed by atoms with Gasteiger partial charge in [0.25, 0.3) is 0 Å². The normalized spacial score (nSPS) is 14.3. The summed E-state index contributed by atoms with van der Waals surface area (Å²) in [6.07, 6.45) is 2.28. The van der Waals surface area contributed by atoms with Crippen molar-refractivity contribution in [3.63, 3.8) is 0 Å². The minimum absolute atomic E-state index is 0.128. The number of hydrogen-bond donors (Lipinski definition) is 1. The highest BCUT2D eigenvalue weighted by atomic mass is 16.6. The van der Waals surface area contributed by atoms with Crippen molar-refractivity contribution in [2.75, 3.05) is 7.11 Å². The molecule has 0 saturated heterocycles. The number of alkyl carbamates (subject to hydrolysis) is 1. The van der Waals surface area contributed by atoms with E-state index < -0.39 is 23.2 Å². The number of amides is 1. The van der Waals surface area contributed by atoms with Crippen molar-refractivity contribution in [1.82, 2.24) is 5.32 Å². The molecule has 0 bridgehead atoms. The molecule has 0 heterocycles. The van der Waals surface area contributed by atoms with Crippen LogP contribution in [0, 0.1) is 11.3 Å². The molecule has 0 aliphatic carbocycles. The maximum absolute atomic E-state index is 11.7. The molecule has 19 heavy (non-hydrogen) atoms. The number of nitriles is 1. The van der Waals surface area contributed by atoms with E-state index in [1.54, 1.807) is 20.8 Å². The molecule has 0 aliphatic rings. The van der Waals surface area contributed by atoms with Gasteiger partial charge in [-0.15, -0.1) is 0 Å². The summed E-state index contributed by atoms with van der Waals surface area (Å²) in [6.45, 7) is 6.62. The third-order valence-corrected chi connectivity index (χ3v) is 2.03. The van der Waals surface area contributed by atoms with E-state index in [2.05, 4.69) is 10.1 Å². The summed E-state index contributed by atoms with van der Waals surface area (Å²) in [4.78, 5) is 23.4. The van der Waals surface area contributed by atoms with Crippen molar-refractivity contribution in [2.45, 2.75) is 45.3 Å². The summed E-state index contributed by atoms with van der Waals surface area (Å²) in [5.41, 5.74) is -2.04. The van der Waals surface area contributed by atoms with Crippen LogP contribution in [0.3, 0.4) is 0 Å². The minimum Gasteiger partial charge on any atom is -0.467 e. The molecule has 0 aliphatic heterocycles. The molecule has 106 valence electrons. The Hall–Kier alpha value is -2.03. The topological polar surface area (TPSA) is 88.4 Å². The number of hydrogen-bond acceptors (Lipinski definition) is 5. The van der Waals surface area contributed by atoms with Crippen molar-refractivity contribution in [3.05, 3.63) is 12.2 Å². The van der Waals surface area contributed by atoms with Gasteiger partial charge in [-0.3, -0.25) is 0 Å². The zero-order valence-corrected chi connectivity index (χ0v) is 11.9. The van der Waals surface area contributed by atoms with Crippen LogP contribution in [0.5, 0.6) is 0 Å². The summed E-state index contributed by atoms with van der Waals surface area (Å²) in [5, 5.41) is 10.9. The SMILES string of the molecule is COC(=O)[C@](C)(/C=C\CC#N)NC(=O)OC(C)(C)C. The number of rotatable bonds is 4. The average Bonchev–Trinajstić information content (AvgIpc) is 2.25. The summed E-state index contributed by atoms with van der Waals surface area (Å²) >= 11 is 0. The van der Waals surface area contributed by atoms with Gasteiger partial charge in [-0.1, -0.05) is 12.2 Å². The van der Waals surface area contributed by atoms with Crippen molar-refractivity contribution >= 4 is 12.1 Å². The van der Waals surface area contributed by atoms with Crippen LogP contribution in [-0.4, -0.2) is 30.3 Å². The van der Waals surface area contributed by atoms with Crippen LogP contribution in [0.1, 0.15) is 34.1 Å². The molecule has 0 aromatic carbocycles. The molecular weight excluding hydrogens is 248 g/mol. The largest absolute Gasteiger partial charge is 0.467 e. The quantitative estimate of drug-likeness (QED) is 0.621. The fourth-order valence-electron chi connectivity index (χ4n) is 1.24. The predicted molar refractivity (Wildman–Crippen MR) is 69.2 cm³/mol. The first kappa shape index (κ1) is 17.0. The lowest BCUT2D eigenvalue weighted by atomic mass is 10.0. The number of carbonyl (C=O) groups excluding carboxylic acids is 2. The van der Waals surface area contributed by atoms with Gasteiger partial charge in [0.05, 0.1) is 19.6 Å². The maximum atomic E-state index is 11.7. The maximum Gasteiger partial charge on any atom is 0.408 e.